The number of aromatic carboxylic acids is 1. The maximum absolute atomic E-state index is 10.8. The van der Waals surface area contributed by atoms with Gasteiger partial charge in [-0.15, -0.1) is 0 Å². The lowest BCUT2D eigenvalue weighted by Gasteiger charge is -2.07. The minimum Gasteiger partial charge on any atom is -0.497 e. The Kier molecular flexibility index (Phi) is 3.48. The van der Waals surface area contributed by atoms with Crippen LogP contribution < -0.4 is 4.74 Å². The Labute approximate surface area is 110 Å². The topological polar surface area (TPSA) is 70.3 Å². The molecule has 0 heterocycles. The first-order valence-corrected chi connectivity index (χ1v) is 5.57. The monoisotopic (exact) mass is 253 g/mol. The quantitative estimate of drug-likeness (QED) is 0.912. The largest absolute Gasteiger partial charge is 0.497 e. The molecule has 1 N–H and O–H groups in total. The van der Waals surface area contributed by atoms with Gasteiger partial charge in [0.2, 0.25) is 0 Å². The van der Waals surface area contributed by atoms with E-state index in [2.05, 4.69) is 6.07 Å². The average molecular weight is 253 g/mol. The summed E-state index contributed by atoms with van der Waals surface area (Å²) < 4.78 is 5.07. The molecule has 0 atom stereocenters. The lowest BCUT2D eigenvalue weighted by atomic mass is 9.99. The molecule has 2 rings (SSSR count). The molecule has 0 saturated carbocycles. The predicted octanol–water partition coefficient (Wildman–Crippen LogP) is 2.93. The molecule has 0 radical (unpaired) electrons. The first-order chi connectivity index (χ1) is 9.15. The molecule has 94 valence electrons. The molecular weight excluding hydrogens is 242 g/mol. The van der Waals surface area contributed by atoms with Crippen LogP contribution in [0.4, 0.5) is 0 Å². The number of carbonyl (C=O) groups is 1. The maximum atomic E-state index is 10.8. The number of nitrogens with zero attached hydrogens (tertiary/aromatic N) is 1. The van der Waals surface area contributed by atoms with Crippen molar-refractivity contribution in [3.05, 3.63) is 53.6 Å². The molecule has 0 bridgehead atoms. The van der Waals surface area contributed by atoms with Crippen LogP contribution >= 0.6 is 0 Å². The van der Waals surface area contributed by atoms with Gasteiger partial charge >= 0.3 is 5.97 Å². The fourth-order valence-corrected chi connectivity index (χ4v) is 1.79. The molecule has 0 saturated heterocycles. The molecule has 0 aliphatic rings. The average Bonchev–Trinajstić information content (AvgIpc) is 2.46. The highest BCUT2D eigenvalue weighted by Crippen LogP contribution is 2.27. The zero-order valence-corrected chi connectivity index (χ0v) is 10.3. The third-order valence-corrected chi connectivity index (χ3v) is 2.79. The molecule has 0 unspecified atom stereocenters. The molecule has 0 aliphatic heterocycles. The Morgan fingerprint density at radius 2 is 1.89 bits per heavy atom. The van der Waals surface area contributed by atoms with E-state index in [0.29, 0.717) is 11.3 Å². The second-order valence-electron chi connectivity index (χ2n) is 3.91. The number of carboxylic acids is 1. The van der Waals surface area contributed by atoms with Crippen LogP contribution in [0.25, 0.3) is 11.1 Å². The molecule has 0 aromatic heterocycles. The van der Waals surface area contributed by atoms with Gasteiger partial charge in [0, 0.05) is 0 Å². The summed E-state index contributed by atoms with van der Waals surface area (Å²) >= 11 is 0. The van der Waals surface area contributed by atoms with E-state index in [-0.39, 0.29) is 5.56 Å². The maximum Gasteiger partial charge on any atom is 0.335 e. The van der Waals surface area contributed by atoms with Crippen LogP contribution in [0.1, 0.15) is 15.9 Å². The van der Waals surface area contributed by atoms with Crippen molar-refractivity contribution in [2.24, 2.45) is 0 Å². The molecule has 0 aliphatic carbocycles. The van der Waals surface area contributed by atoms with Gasteiger partial charge in [-0.2, -0.15) is 5.26 Å². The number of benzene rings is 2. The van der Waals surface area contributed by atoms with Crippen molar-refractivity contribution in [1.82, 2.24) is 0 Å². The predicted molar refractivity (Wildman–Crippen MR) is 70.1 cm³/mol. The number of rotatable bonds is 3. The van der Waals surface area contributed by atoms with Gasteiger partial charge in [-0.25, -0.2) is 4.79 Å². The molecule has 4 nitrogen and oxygen atoms in total. The van der Waals surface area contributed by atoms with Crippen molar-refractivity contribution >= 4 is 5.97 Å². The first kappa shape index (κ1) is 12.7. The standard InChI is InChI=1S/C15H11NO3/c1-19-13-6-7-14(12(8-13)9-16)10-2-4-11(5-3-10)15(17)18/h2-8H,1H3,(H,17,18). The normalized spacial score (nSPS) is 9.68. The number of methoxy groups -OCH3 is 1. The van der Waals surface area contributed by atoms with Crippen molar-refractivity contribution < 1.29 is 14.6 Å². The SMILES string of the molecule is COc1ccc(-c2ccc(C(=O)O)cc2)c(C#N)c1. The minimum atomic E-state index is -0.971. The van der Waals surface area contributed by atoms with Gasteiger partial charge in [0.1, 0.15) is 5.75 Å². The van der Waals surface area contributed by atoms with E-state index in [1.165, 1.54) is 19.2 Å². The minimum absolute atomic E-state index is 0.218. The van der Waals surface area contributed by atoms with Gasteiger partial charge in [-0.3, -0.25) is 0 Å². The summed E-state index contributed by atoms with van der Waals surface area (Å²) in [5, 5.41) is 18.0. The van der Waals surface area contributed by atoms with E-state index in [4.69, 9.17) is 15.1 Å². The highest BCUT2D eigenvalue weighted by Gasteiger charge is 2.08. The summed E-state index contributed by atoms with van der Waals surface area (Å²) in [6.45, 7) is 0. The van der Waals surface area contributed by atoms with Crippen molar-refractivity contribution in [1.29, 1.82) is 5.26 Å². The summed E-state index contributed by atoms with van der Waals surface area (Å²) in [4.78, 5) is 10.8. The highest BCUT2D eigenvalue weighted by atomic mass is 16.5. The summed E-state index contributed by atoms with van der Waals surface area (Å²) in [7, 11) is 1.54. The van der Waals surface area contributed by atoms with E-state index in [1.54, 1.807) is 30.3 Å². The molecule has 0 fully saturated rings. The van der Waals surface area contributed by atoms with Crippen LogP contribution in [0.2, 0.25) is 0 Å². The first-order valence-electron chi connectivity index (χ1n) is 5.57. The van der Waals surface area contributed by atoms with Crippen molar-refractivity contribution in [2.75, 3.05) is 7.11 Å². The number of nitriles is 1. The number of hydrogen-bond donors (Lipinski definition) is 1. The summed E-state index contributed by atoms with van der Waals surface area (Å²) in [5.74, 6) is -0.357. The van der Waals surface area contributed by atoms with Gasteiger partial charge < -0.3 is 9.84 Å². The van der Waals surface area contributed by atoms with Crippen LogP contribution in [0, 0.1) is 11.3 Å². The summed E-state index contributed by atoms with van der Waals surface area (Å²) in [6, 6.07) is 13.7. The van der Waals surface area contributed by atoms with Crippen molar-refractivity contribution in [3.8, 4) is 22.9 Å². The molecule has 2 aromatic rings. The van der Waals surface area contributed by atoms with Crippen LogP contribution in [-0.4, -0.2) is 18.2 Å². The van der Waals surface area contributed by atoms with Crippen LogP contribution in [0.5, 0.6) is 5.75 Å². The Morgan fingerprint density at radius 3 is 2.42 bits per heavy atom. The summed E-state index contributed by atoms with van der Waals surface area (Å²) in [5.41, 5.74) is 2.25. The van der Waals surface area contributed by atoms with Gasteiger partial charge in [-0.1, -0.05) is 12.1 Å². The number of carboxylic acid groups (broad SMARTS) is 1. The zero-order chi connectivity index (χ0) is 13.8. The van der Waals surface area contributed by atoms with Crippen molar-refractivity contribution in [2.45, 2.75) is 0 Å². The van der Waals surface area contributed by atoms with Gasteiger partial charge in [-0.05, 0) is 41.5 Å². The molecular formula is C15H11NO3. The van der Waals surface area contributed by atoms with Gasteiger partial charge in [0.15, 0.2) is 0 Å². The number of hydrogen-bond acceptors (Lipinski definition) is 3. The fraction of sp³-hybridized carbons (Fsp3) is 0.0667. The highest BCUT2D eigenvalue weighted by molar-refractivity contribution is 5.88. The van der Waals surface area contributed by atoms with E-state index >= 15 is 0 Å². The van der Waals surface area contributed by atoms with Crippen LogP contribution in [-0.2, 0) is 0 Å². The Hall–Kier alpha value is -2.80. The molecule has 2 aromatic carbocycles. The smallest absolute Gasteiger partial charge is 0.335 e. The molecule has 0 spiro atoms. The third-order valence-electron chi connectivity index (χ3n) is 2.79. The van der Waals surface area contributed by atoms with Crippen LogP contribution in [0.15, 0.2) is 42.5 Å². The van der Waals surface area contributed by atoms with Crippen molar-refractivity contribution in [3.63, 3.8) is 0 Å². The van der Waals surface area contributed by atoms with E-state index < -0.39 is 5.97 Å². The van der Waals surface area contributed by atoms with Gasteiger partial charge in [0.05, 0.1) is 24.3 Å². The second-order valence-corrected chi connectivity index (χ2v) is 3.91. The Balaban J connectivity index is 2.47. The van der Waals surface area contributed by atoms with Gasteiger partial charge in [0.25, 0.3) is 0 Å². The second kappa shape index (κ2) is 5.23. The number of ether oxygens (including phenoxy) is 1. The fourth-order valence-electron chi connectivity index (χ4n) is 1.79. The van der Waals surface area contributed by atoms with E-state index in [1.807, 2.05) is 0 Å². The molecule has 19 heavy (non-hydrogen) atoms. The molecule has 4 heteroatoms. The summed E-state index contributed by atoms with van der Waals surface area (Å²) in [6.07, 6.45) is 0. The Bertz CT molecular complexity index is 654. The lowest BCUT2D eigenvalue weighted by Crippen LogP contribution is -1.95. The van der Waals surface area contributed by atoms with E-state index in [0.717, 1.165) is 11.1 Å². The zero-order valence-electron chi connectivity index (χ0n) is 10.3. The van der Waals surface area contributed by atoms with E-state index in [9.17, 15) is 4.79 Å². The molecule has 0 amide bonds. The Morgan fingerprint density at radius 1 is 1.21 bits per heavy atom. The lowest BCUT2D eigenvalue weighted by molar-refractivity contribution is 0.0697. The van der Waals surface area contributed by atoms with Crippen LogP contribution in [0.3, 0.4) is 0 Å². The third kappa shape index (κ3) is 2.55.